The standard InChI is InChI=1S/C16H20N2O4S/c1-2-12-7-5-6-10-17(12)15(19)11-18-16(20)13-8-3-4-9-14(13)23(18,21)22/h3-4,8-9,12H,2,5-7,10-11H2,1H3/t12-/m1/s1. The molecule has 0 radical (unpaired) electrons. The molecule has 1 aromatic rings. The molecule has 23 heavy (non-hydrogen) atoms. The minimum Gasteiger partial charge on any atom is -0.338 e. The lowest BCUT2D eigenvalue weighted by Crippen LogP contribution is -2.48. The van der Waals surface area contributed by atoms with Gasteiger partial charge in [0.05, 0.1) is 5.56 Å². The van der Waals surface area contributed by atoms with Gasteiger partial charge < -0.3 is 4.90 Å². The lowest BCUT2D eigenvalue weighted by Gasteiger charge is -2.36. The zero-order valence-corrected chi connectivity index (χ0v) is 13.9. The molecule has 124 valence electrons. The third kappa shape index (κ3) is 2.63. The van der Waals surface area contributed by atoms with Crippen molar-refractivity contribution in [1.82, 2.24) is 9.21 Å². The lowest BCUT2D eigenvalue weighted by molar-refractivity contribution is -0.134. The number of piperidine rings is 1. The summed E-state index contributed by atoms with van der Waals surface area (Å²) < 4.78 is 25.7. The fourth-order valence-corrected chi connectivity index (χ4v) is 4.87. The number of fused-ring (bicyclic) bond motifs is 1. The number of benzene rings is 1. The monoisotopic (exact) mass is 336 g/mol. The maximum atomic E-state index is 12.6. The van der Waals surface area contributed by atoms with Crippen molar-refractivity contribution in [3.63, 3.8) is 0 Å². The summed E-state index contributed by atoms with van der Waals surface area (Å²) in [6, 6.07) is 6.22. The summed E-state index contributed by atoms with van der Waals surface area (Å²) in [5.41, 5.74) is 0.144. The number of rotatable bonds is 3. The molecule has 0 spiro atoms. The van der Waals surface area contributed by atoms with E-state index in [0.717, 1.165) is 25.7 Å². The number of sulfonamides is 1. The van der Waals surface area contributed by atoms with E-state index in [-0.39, 0.29) is 22.4 Å². The van der Waals surface area contributed by atoms with Crippen molar-refractivity contribution >= 4 is 21.8 Å². The van der Waals surface area contributed by atoms with Gasteiger partial charge in [-0.05, 0) is 37.8 Å². The van der Waals surface area contributed by atoms with Crippen molar-refractivity contribution in [3.05, 3.63) is 29.8 Å². The van der Waals surface area contributed by atoms with Gasteiger partial charge >= 0.3 is 0 Å². The zero-order valence-electron chi connectivity index (χ0n) is 13.1. The second-order valence-corrected chi connectivity index (χ2v) is 7.79. The summed E-state index contributed by atoms with van der Waals surface area (Å²) in [7, 11) is -3.92. The summed E-state index contributed by atoms with van der Waals surface area (Å²) in [6.07, 6.45) is 3.77. The average molecular weight is 336 g/mol. The maximum absolute atomic E-state index is 12.6. The first-order chi connectivity index (χ1) is 11.0. The van der Waals surface area contributed by atoms with Gasteiger partial charge in [-0.25, -0.2) is 12.7 Å². The highest BCUT2D eigenvalue weighted by atomic mass is 32.2. The molecule has 0 saturated carbocycles. The first-order valence-electron chi connectivity index (χ1n) is 7.92. The number of nitrogens with zero attached hydrogens (tertiary/aromatic N) is 2. The third-order valence-corrected chi connectivity index (χ3v) is 6.40. The molecule has 0 N–H and O–H groups in total. The van der Waals surface area contributed by atoms with Crippen LogP contribution in [0, 0.1) is 0 Å². The fourth-order valence-electron chi connectivity index (χ4n) is 3.35. The molecule has 0 aromatic heterocycles. The van der Waals surface area contributed by atoms with Crippen LogP contribution in [0.5, 0.6) is 0 Å². The Morgan fingerprint density at radius 1 is 1.26 bits per heavy atom. The second-order valence-electron chi connectivity index (χ2n) is 5.96. The van der Waals surface area contributed by atoms with E-state index < -0.39 is 22.5 Å². The highest BCUT2D eigenvalue weighted by Gasteiger charge is 2.42. The Hall–Kier alpha value is -1.89. The van der Waals surface area contributed by atoms with Gasteiger partial charge in [0, 0.05) is 12.6 Å². The van der Waals surface area contributed by atoms with Crippen LogP contribution in [0.15, 0.2) is 29.2 Å². The van der Waals surface area contributed by atoms with E-state index in [2.05, 4.69) is 0 Å². The first kappa shape index (κ1) is 16.0. The van der Waals surface area contributed by atoms with Gasteiger partial charge in [-0.1, -0.05) is 19.1 Å². The summed E-state index contributed by atoms with van der Waals surface area (Å²) >= 11 is 0. The van der Waals surface area contributed by atoms with E-state index in [0.29, 0.717) is 10.8 Å². The molecule has 0 unspecified atom stereocenters. The largest absolute Gasteiger partial charge is 0.338 e. The molecule has 7 heteroatoms. The number of hydrogen-bond acceptors (Lipinski definition) is 4. The molecule has 2 aliphatic rings. The molecule has 1 atom stereocenters. The average Bonchev–Trinajstić information content (AvgIpc) is 2.76. The molecule has 1 saturated heterocycles. The smallest absolute Gasteiger partial charge is 0.269 e. The summed E-state index contributed by atoms with van der Waals surface area (Å²) in [5.74, 6) is -0.903. The number of amides is 2. The van der Waals surface area contributed by atoms with Crippen molar-refractivity contribution in [2.45, 2.75) is 43.5 Å². The van der Waals surface area contributed by atoms with Gasteiger partial charge in [-0.3, -0.25) is 9.59 Å². The number of likely N-dealkylation sites (tertiary alicyclic amines) is 1. The Kier molecular flexibility index (Phi) is 4.14. The molecule has 2 aliphatic heterocycles. The van der Waals surface area contributed by atoms with Gasteiger partial charge in [0.25, 0.3) is 15.9 Å². The van der Waals surface area contributed by atoms with Crippen LogP contribution in [0.3, 0.4) is 0 Å². The molecule has 1 aromatic carbocycles. The Morgan fingerprint density at radius 3 is 2.70 bits per heavy atom. The van der Waals surface area contributed by atoms with Crippen LogP contribution in [0.25, 0.3) is 0 Å². The molecule has 6 nitrogen and oxygen atoms in total. The predicted octanol–water partition coefficient (Wildman–Crippen LogP) is 1.62. The number of carbonyl (C=O) groups is 2. The minimum absolute atomic E-state index is 0.0107. The molecule has 0 bridgehead atoms. The van der Waals surface area contributed by atoms with Crippen molar-refractivity contribution < 1.29 is 18.0 Å². The number of hydrogen-bond donors (Lipinski definition) is 0. The van der Waals surface area contributed by atoms with Crippen LogP contribution < -0.4 is 0 Å². The van der Waals surface area contributed by atoms with Crippen molar-refractivity contribution in [3.8, 4) is 0 Å². The Labute approximate surface area is 136 Å². The zero-order chi connectivity index (χ0) is 16.6. The second kappa shape index (κ2) is 5.96. The molecule has 1 fully saturated rings. The summed E-state index contributed by atoms with van der Waals surface area (Å²) in [4.78, 5) is 26.7. The quantitative estimate of drug-likeness (QED) is 0.841. The van der Waals surface area contributed by atoms with Crippen LogP contribution in [-0.2, 0) is 14.8 Å². The molecule has 3 rings (SSSR count). The molecule has 0 aliphatic carbocycles. The highest BCUT2D eigenvalue weighted by Crippen LogP contribution is 2.30. The fraction of sp³-hybridized carbons (Fsp3) is 0.500. The molecular formula is C16H20N2O4S. The van der Waals surface area contributed by atoms with E-state index in [1.165, 1.54) is 12.1 Å². The van der Waals surface area contributed by atoms with Crippen LogP contribution in [0.1, 0.15) is 43.0 Å². The van der Waals surface area contributed by atoms with E-state index in [4.69, 9.17) is 0 Å². The van der Waals surface area contributed by atoms with Crippen molar-refractivity contribution in [2.75, 3.05) is 13.1 Å². The van der Waals surface area contributed by atoms with E-state index in [1.54, 1.807) is 17.0 Å². The van der Waals surface area contributed by atoms with E-state index >= 15 is 0 Å². The Morgan fingerprint density at radius 2 is 2.00 bits per heavy atom. The van der Waals surface area contributed by atoms with Gasteiger partial charge in [-0.15, -0.1) is 0 Å². The third-order valence-electron chi connectivity index (χ3n) is 4.61. The van der Waals surface area contributed by atoms with E-state index in [9.17, 15) is 18.0 Å². The molecule has 2 amide bonds. The lowest BCUT2D eigenvalue weighted by atomic mass is 10.00. The normalized spacial score (nSPS) is 23.0. The van der Waals surface area contributed by atoms with Gasteiger partial charge in [0.1, 0.15) is 11.4 Å². The first-order valence-corrected chi connectivity index (χ1v) is 9.36. The SMILES string of the molecule is CC[C@@H]1CCCCN1C(=O)CN1C(=O)c2ccccc2S1(=O)=O. The summed E-state index contributed by atoms with van der Waals surface area (Å²) in [5, 5.41) is 0. The van der Waals surface area contributed by atoms with Crippen LogP contribution >= 0.6 is 0 Å². The molecular weight excluding hydrogens is 316 g/mol. The minimum atomic E-state index is -3.92. The summed E-state index contributed by atoms with van der Waals surface area (Å²) in [6.45, 7) is 2.24. The molecule has 2 heterocycles. The van der Waals surface area contributed by atoms with Gasteiger partial charge in [0.15, 0.2) is 0 Å². The highest BCUT2D eigenvalue weighted by molar-refractivity contribution is 7.90. The maximum Gasteiger partial charge on any atom is 0.269 e. The topological polar surface area (TPSA) is 74.8 Å². The number of carbonyl (C=O) groups excluding carboxylic acids is 2. The van der Waals surface area contributed by atoms with Crippen molar-refractivity contribution in [1.29, 1.82) is 0 Å². The van der Waals surface area contributed by atoms with Crippen LogP contribution in [-0.4, -0.2) is 48.6 Å². The van der Waals surface area contributed by atoms with Gasteiger partial charge in [0.2, 0.25) is 5.91 Å². The van der Waals surface area contributed by atoms with Crippen LogP contribution in [0.4, 0.5) is 0 Å². The van der Waals surface area contributed by atoms with Gasteiger partial charge in [-0.2, -0.15) is 0 Å². The van der Waals surface area contributed by atoms with E-state index in [1.807, 2.05) is 6.92 Å². The van der Waals surface area contributed by atoms with Crippen molar-refractivity contribution in [2.24, 2.45) is 0 Å². The predicted molar refractivity (Wildman–Crippen MR) is 84.3 cm³/mol. The Balaban J connectivity index is 1.83. The van der Waals surface area contributed by atoms with Crippen LogP contribution in [0.2, 0.25) is 0 Å². The Bertz CT molecular complexity index is 744.